The molecule has 134 valence electrons. The van der Waals surface area contributed by atoms with Crippen LogP contribution in [-0.2, 0) is 17.8 Å². The molecule has 2 aromatic rings. The molecule has 0 saturated carbocycles. The highest BCUT2D eigenvalue weighted by molar-refractivity contribution is 5.94. The minimum absolute atomic E-state index is 0.00382. The molecule has 1 fully saturated rings. The maximum Gasteiger partial charge on any atom is 0.257 e. The first-order valence-electron chi connectivity index (χ1n) is 8.56. The summed E-state index contributed by atoms with van der Waals surface area (Å²) in [6, 6.07) is 1.67. The molecule has 2 atom stereocenters. The van der Waals surface area contributed by atoms with Crippen molar-refractivity contribution in [3.8, 4) is 0 Å². The van der Waals surface area contributed by atoms with Gasteiger partial charge in [-0.1, -0.05) is 5.21 Å². The molecule has 1 aliphatic rings. The van der Waals surface area contributed by atoms with Crippen LogP contribution in [0.5, 0.6) is 0 Å². The third-order valence-corrected chi connectivity index (χ3v) is 4.63. The van der Waals surface area contributed by atoms with Crippen molar-refractivity contribution in [2.24, 2.45) is 5.92 Å². The van der Waals surface area contributed by atoms with Gasteiger partial charge in [-0.05, 0) is 32.3 Å². The second-order valence-corrected chi connectivity index (χ2v) is 6.41. The molecule has 1 N–H and O–H groups in total. The van der Waals surface area contributed by atoms with Gasteiger partial charge in [0, 0.05) is 31.9 Å². The summed E-state index contributed by atoms with van der Waals surface area (Å²) in [6.45, 7) is 6.01. The van der Waals surface area contributed by atoms with E-state index >= 15 is 0 Å². The number of likely N-dealkylation sites (tertiary alicyclic amines) is 1. The highest BCUT2D eigenvalue weighted by Gasteiger charge is 2.31. The average Bonchev–Trinajstić information content (AvgIpc) is 3.34. The minimum Gasteiger partial charge on any atom is -0.472 e. The fraction of sp³-hybridized carbons (Fsp3) is 0.529. The van der Waals surface area contributed by atoms with Crippen LogP contribution in [0.3, 0.4) is 0 Å². The van der Waals surface area contributed by atoms with Gasteiger partial charge < -0.3 is 14.6 Å². The van der Waals surface area contributed by atoms with Gasteiger partial charge in [-0.25, -0.2) is 0 Å². The number of hydrogen-bond donors (Lipinski definition) is 1. The molecular weight excluding hydrogens is 322 g/mol. The smallest absolute Gasteiger partial charge is 0.257 e. The normalized spacial score (nSPS) is 18.3. The second-order valence-electron chi connectivity index (χ2n) is 6.41. The molecule has 25 heavy (non-hydrogen) atoms. The number of furan rings is 1. The Morgan fingerprint density at radius 1 is 1.48 bits per heavy atom. The lowest BCUT2D eigenvalue weighted by molar-refractivity contribution is -0.121. The van der Waals surface area contributed by atoms with Gasteiger partial charge in [-0.2, -0.15) is 0 Å². The number of nitrogens with one attached hydrogen (secondary N) is 1. The summed E-state index contributed by atoms with van der Waals surface area (Å²) < 4.78 is 6.67. The Kier molecular flexibility index (Phi) is 5.16. The van der Waals surface area contributed by atoms with Crippen molar-refractivity contribution in [2.45, 2.75) is 39.3 Å². The van der Waals surface area contributed by atoms with Gasteiger partial charge in [0.05, 0.1) is 23.9 Å². The van der Waals surface area contributed by atoms with Gasteiger partial charge in [0.25, 0.3) is 5.91 Å². The van der Waals surface area contributed by atoms with Crippen molar-refractivity contribution in [3.05, 3.63) is 36.0 Å². The fourth-order valence-electron chi connectivity index (χ4n) is 3.11. The summed E-state index contributed by atoms with van der Waals surface area (Å²) in [7, 11) is 0. The standard InChI is InChI=1S/C17H23N5O3/c1-3-22-10-15(19-20-22)8-16(23)18-12(2)13-4-6-21(9-13)17(24)14-5-7-25-11-14/h5,7,10-13H,3-4,6,8-9H2,1-2H3,(H,18,23). The van der Waals surface area contributed by atoms with E-state index in [1.165, 1.54) is 12.5 Å². The van der Waals surface area contributed by atoms with Crippen LogP contribution in [-0.4, -0.2) is 50.8 Å². The maximum atomic E-state index is 12.3. The van der Waals surface area contributed by atoms with Crippen LogP contribution in [0.2, 0.25) is 0 Å². The quantitative estimate of drug-likeness (QED) is 0.846. The highest BCUT2D eigenvalue weighted by Crippen LogP contribution is 2.22. The number of hydrogen-bond acceptors (Lipinski definition) is 5. The molecule has 3 rings (SSSR count). The largest absolute Gasteiger partial charge is 0.472 e. The molecule has 3 heterocycles. The molecule has 1 aliphatic heterocycles. The molecule has 2 unspecified atom stereocenters. The van der Waals surface area contributed by atoms with Gasteiger partial charge in [-0.15, -0.1) is 5.10 Å². The zero-order chi connectivity index (χ0) is 17.8. The Balaban J connectivity index is 1.49. The van der Waals surface area contributed by atoms with Gasteiger partial charge in [0.15, 0.2) is 0 Å². The van der Waals surface area contributed by atoms with Crippen molar-refractivity contribution in [1.29, 1.82) is 0 Å². The van der Waals surface area contributed by atoms with Gasteiger partial charge in [0.2, 0.25) is 5.91 Å². The first kappa shape index (κ1) is 17.2. The van der Waals surface area contributed by atoms with E-state index in [1.807, 2.05) is 18.7 Å². The number of aromatic nitrogens is 3. The predicted octanol–water partition coefficient (Wildman–Crippen LogP) is 1.10. The van der Waals surface area contributed by atoms with Crippen LogP contribution >= 0.6 is 0 Å². The van der Waals surface area contributed by atoms with Crippen molar-refractivity contribution in [3.63, 3.8) is 0 Å². The van der Waals surface area contributed by atoms with Crippen molar-refractivity contribution in [2.75, 3.05) is 13.1 Å². The minimum atomic E-state index is -0.0738. The van der Waals surface area contributed by atoms with Crippen molar-refractivity contribution in [1.82, 2.24) is 25.2 Å². The van der Waals surface area contributed by atoms with Gasteiger partial charge >= 0.3 is 0 Å². The topological polar surface area (TPSA) is 93.3 Å². The summed E-state index contributed by atoms with van der Waals surface area (Å²) in [6.07, 6.45) is 5.83. The van der Waals surface area contributed by atoms with Crippen LogP contribution < -0.4 is 5.32 Å². The Labute approximate surface area is 146 Å². The van der Waals surface area contributed by atoms with Gasteiger partial charge in [-0.3, -0.25) is 14.3 Å². The summed E-state index contributed by atoms with van der Waals surface area (Å²) >= 11 is 0. The summed E-state index contributed by atoms with van der Waals surface area (Å²) in [4.78, 5) is 26.3. The summed E-state index contributed by atoms with van der Waals surface area (Å²) in [5.41, 5.74) is 1.23. The van der Waals surface area contributed by atoms with Crippen LogP contribution in [0.25, 0.3) is 0 Å². The lowest BCUT2D eigenvalue weighted by atomic mass is 10.0. The molecule has 1 saturated heterocycles. The summed E-state index contributed by atoms with van der Waals surface area (Å²) in [5, 5.41) is 10.9. The monoisotopic (exact) mass is 345 g/mol. The molecule has 2 amide bonds. The zero-order valence-corrected chi connectivity index (χ0v) is 14.5. The highest BCUT2D eigenvalue weighted by atomic mass is 16.3. The molecule has 0 radical (unpaired) electrons. The number of amides is 2. The Hall–Kier alpha value is -2.64. The number of aryl methyl sites for hydroxylation is 1. The van der Waals surface area contributed by atoms with E-state index in [9.17, 15) is 9.59 Å². The van der Waals surface area contributed by atoms with Crippen LogP contribution in [0, 0.1) is 5.92 Å². The first-order chi connectivity index (χ1) is 12.1. The van der Waals surface area contributed by atoms with E-state index in [4.69, 9.17) is 4.42 Å². The number of carbonyl (C=O) groups is 2. The van der Waals surface area contributed by atoms with E-state index < -0.39 is 0 Å². The Morgan fingerprint density at radius 2 is 2.32 bits per heavy atom. The van der Waals surface area contributed by atoms with Crippen LogP contribution in [0.4, 0.5) is 0 Å². The molecule has 0 bridgehead atoms. The zero-order valence-electron chi connectivity index (χ0n) is 14.5. The van der Waals surface area contributed by atoms with E-state index in [0.717, 1.165) is 13.0 Å². The Bertz CT molecular complexity index is 724. The molecule has 0 aromatic carbocycles. The average molecular weight is 345 g/mol. The van der Waals surface area contributed by atoms with Crippen molar-refractivity contribution >= 4 is 11.8 Å². The first-order valence-corrected chi connectivity index (χ1v) is 8.56. The lowest BCUT2D eigenvalue weighted by Gasteiger charge is -2.21. The maximum absolute atomic E-state index is 12.3. The van der Waals surface area contributed by atoms with E-state index in [2.05, 4.69) is 15.6 Å². The molecule has 2 aromatic heterocycles. The molecule has 0 aliphatic carbocycles. The predicted molar refractivity (Wildman–Crippen MR) is 89.7 cm³/mol. The van der Waals surface area contributed by atoms with Crippen molar-refractivity contribution < 1.29 is 14.0 Å². The number of rotatable bonds is 6. The van der Waals surface area contributed by atoms with Crippen LogP contribution in [0.1, 0.15) is 36.3 Å². The number of nitrogens with zero attached hydrogens (tertiary/aromatic N) is 4. The van der Waals surface area contributed by atoms with E-state index in [1.54, 1.807) is 16.9 Å². The van der Waals surface area contributed by atoms with Crippen LogP contribution in [0.15, 0.2) is 29.2 Å². The summed E-state index contributed by atoms with van der Waals surface area (Å²) in [5.74, 6) is 0.146. The lowest BCUT2D eigenvalue weighted by Crippen LogP contribution is -2.40. The van der Waals surface area contributed by atoms with Gasteiger partial charge in [0.1, 0.15) is 6.26 Å². The SMILES string of the molecule is CCn1cc(CC(=O)NC(C)C2CCN(C(=O)c3ccoc3)C2)nn1. The molecule has 0 spiro atoms. The molecular formula is C17H23N5O3. The molecule has 8 heteroatoms. The molecule has 8 nitrogen and oxygen atoms in total. The fourth-order valence-corrected chi connectivity index (χ4v) is 3.11. The third kappa shape index (κ3) is 4.07. The Morgan fingerprint density at radius 3 is 3.00 bits per heavy atom. The third-order valence-electron chi connectivity index (χ3n) is 4.63. The van der Waals surface area contributed by atoms with E-state index in [-0.39, 0.29) is 30.2 Å². The van der Waals surface area contributed by atoms with E-state index in [0.29, 0.717) is 24.3 Å². The second kappa shape index (κ2) is 7.50. The number of carbonyl (C=O) groups excluding carboxylic acids is 2.